The summed E-state index contributed by atoms with van der Waals surface area (Å²) in [6.07, 6.45) is 11.9. The second kappa shape index (κ2) is 9.15. The molecule has 32 heavy (non-hydrogen) atoms. The van der Waals surface area contributed by atoms with E-state index in [1.165, 1.54) is 12.5 Å². The summed E-state index contributed by atoms with van der Waals surface area (Å²) in [4.78, 5) is 32.4. The number of hydrogen-bond acceptors (Lipinski definition) is 7. The summed E-state index contributed by atoms with van der Waals surface area (Å²) >= 11 is 0. The minimum absolute atomic E-state index is 0.00452. The minimum atomic E-state index is -0.508. The molecule has 1 amide bonds. The van der Waals surface area contributed by atoms with Crippen LogP contribution in [0.3, 0.4) is 0 Å². The van der Waals surface area contributed by atoms with Crippen LogP contribution in [0.5, 0.6) is 0 Å². The molecule has 3 aromatic heterocycles. The molecule has 1 unspecified atom stereocenters. The maximum Gasteiger partial charge on any atom is 0.249 e. The van der Waals surface area contributed by atoms with E-state index in [0.29, 0.717) is 30.1 Å². The molecule has 2 fully saturated rings. The standard InChI is InChI=1S/C22H26FN7O2/c23-17-11-26-20(16-10-25-19-15(16)9-24-12-27-19)30-21(17)28-13-4-3-5-14(8-13)29-22(31)18-6-1-2-7-32-18/h9-14,18H,1-8H2,(H,29,31)(H,24,25,27)(H,26,28,30)/t13-,14+,18?/m1/s1. The van der Waals surface area contributed by atoms with E-state index in [9.17, 15) is 9.18 Å². The van der Waals surface area contributed by atoms with Crippen molar-refractivity contribution in [1.82, 2.24) is 30.2 Å². The number of halogens is 1. The summed E-state index contributed by atoms with van der Waals surface area (Å²) in [5, 5.41) is 7.13. The van der Waals surface area contributed by atoms with Gasteiger partial charge in [-0.3, -0.25) is 4.79 Å². The van der Waals surface area contributed by atoms with Crippen molar-refractivity contribution in [3.8, 4) is 11.4 Å². The predicted molar refractivity (Wildman–Crippen MR) is 116 cm³/mol. The van der Waals surface area contributed by atoms with Gasteiger partial charge in [-0.1, -0.05) is 0 Å². The van der Waals surface area contributed by atoms with Crippen LogP contribution in [0.4, 0.5) is 10.2 Å². The Balaban J connectivity index is 1.27. The molecule has 5 rings (SSSR count). The summed E-state index contributed by atoms with van der Waals surface area (Å²) in [5.74, 6) is 0.0119. The number of anilines is 1. The third kappa shape index (κ3) is 4.40. The molecule has 3 aromatic rings. The van der Waals surface area contributed by atoms with E-state index in [2.05, 4.69) is 35.6 Å². The average molecular weight is 439 g/mol. The number of ether oxygens (including phenoxy) is 1. The van der Waals surface area contributed by atoms with E-state index in [1.807, 2.05) is 0 Å². The second-order valence-corrected chi connectivity index (χ2v) is 8.45. The molecule has 2 aliphatic rings. The molecule has 9 nitrogen and oxygen atoms in total. The van der Waals surface area contributed by atoms with Gasteiger partial charge in [-0.15, -0.1) is 0 Å². The summed E-state index contributed by atoms with van der Waals surface area (Å²) in [7, 11) is 0. The number of H-pyrrole nitrogens is 1. The third-order valence-corrected chi connectivity index (χ3v) is 6.17. The average Bonchev–Trinajstić information content (AvgIpc) is 3.26. The Morgan fingerprint density at radius 1 is 1.12 bits per heavy atom. The number of hydrogen-bond donors (Lipinski definition) is 3. The summed E-state index contributed by atoms with van der Waals surface area (Å²) in [6, 6.07) is 0.0410. The van der Waals surface area contributed by atoms with E-state index in [4.69, 9.17) is 4.74 Å². The Morgan fingerprint density at radius 3 is 2.91 bits per heavy atom. The van der Waals surface area contributed by atoms with Gasteiger partial charge in [0.15, 0.2) is 17.5 Å². The summed E-state index contributed by atoms with van der Waals surface area (Å²) in [5.41, 5.74) is 1.38. The molecule has 1 aliphatic carbocycles. The molecule has 4 heterocycles. The first-order chi connectivity index (χ1) is 15.7. The van der Waals surface area contributed by atoms with Gasteiger partial charge in [0.05, 0.1) is 6.20 Å². The normalized spacial score (nSPS) is 23.7. The highest BCUT2D eigenvalue weighted by Crippen LogP contribution is 2.27. The highest BCUT2D eigenvalue weighted by atomic mass is 19.1. The Bertz CT molecular complexity index is 1100. The molecule has 3 N–H and O–H groups in total. The monoisotopic (exact) mass is 439 g/mol. The van der Waals surface area contributed by atoms with Crippen LogP contribution in [0.2, 0.25) is 0 Å². The van der Waals surface area contributed by atoms with Gasteiger partial charge in [0.25, 0.3) is 0 Å². The molecule has 1 saturated heterocycles. The van der Waals surface area contributed by atoms with Crippen LogP contribution < -0.4 is 10.6 Å². The van der Waals surface area contributed by atoms with Gasteiger partial charge in [0.1, 0.15) is 18.1 Å². The van der Waals surface area contributed by atoms with Crippen molar-refractivity contribution < 1.29 is 13.9 Å². The molecule has 168 valence electrons. The Labute approximate surface area is 184 Å². The quantitative estimate of drug-likeness (QED) is 0.559. The summed E-state index contributed by atoms with van der Waals surface area (Å²) < 4.78 is 20.1. The second-order valence-electron chi connectivity index (χ2n) is 8.45. The van der Waals surface area contributed by atoms with Crippen molar-refractivity contribution in [2.75, 3.05) is 11.9 Å². The van der Waals surface area contributed by atoms with Crippen molar-refractivity contribution in [2.24, 2.45) is 0 Å². The zero-order valence-corrected chi connectivity index (χ0v) is 17.7. The zero-order valence-electron chi connectivity index (χ0n) is 17.7. The topological polar surface area (TPSA) is 118 Å². The molecule has 1 aliphatic heterocycles. The van der Waals surface area contributed by atoms with Crippen molar-refractivity contribution in [3.05, 3.63) is 30.7 Å². The number of carbonyl (C=O) groups is 1. The lowest BCUT2D eigenvalue weighted by Crippen LogP contribution is -2.47. The van der Waals surface area contributed by atoms with Crippen LogP contribution in [0.25, 0.3) is 22.4 Å². The number of nitrogens with one attached hydrogen (secondary N) is 3. The number of amides is 1. The molecule has 1 saturated carbocycles. The van der Waals surface area contributed by atoms with Crippen LogP contribution >= 0.6 is 0 Å². The highest BCUT2D eigenvalue weighted by molar-refractivity contribution is 5.90. The van der Waals surface area contributed by atoms with Gasteiger partial charge in [0.2, 0.25) is 5.91 Å². The number of aromatic amines is 1. The van der Waals surface area contributed by atoms with E-state index in [0.717, 1.165) is 43.9 Å². The van der Waals surface area contributed by atoms with Crippen LogP contribution in [0, 0.1) is 5.82 Å². The molecule has 0 aromatic carbocycles. The fourth-order valence-electron chi connectivity index (χ4n) is 4.53. The molecular formula is C22H26FN7O2. The van der Waals surface area contributed by atoms with Gasteiger partial charge in [0, 0.05) is 42.0 Å². The molecule has 0 radical (unpaired) electrons. The van der Waals surface area contributed by atoms with Crippen molar-refractivity contribution in [2.45, 2.75) is 63.1 Å². The predicted octanol–water partition coefficient (Wildman–Crippen LogP) is 2.96. The van der Waals surface area contributed by atoms with Gasteiger partial charge in [-0.2, -0.15) is 0 Å². The van der Waals surface area contributed by atoms with Crippen LogP contribution in [-0.4, -0.2) is 55.6 Å². The van der Waals surface area contributed by atoms with Gasteiger partial charge in [-0.05, 0) is 44.9 Å². The molecule has 3 atom stereocenters. The lowest BCUT2D eigenvalue weighted by molar-refractivity contribution is -0.136. The number of nitrogens with zero attached hydrogens (tertiary/aromatic N) is 4. The fourth-order valence-corrected chi connectivity index (χ4v) is 4.53. The first-order valence-electron chi connectivity index (χ1n) is 11.2. The number of fused-ring (bicyclic) bond motifs is 1. The Morgan fingerprint density at radius 2 is 2.03 bits per heavy atom. The number of rotatable bonds is 5. The van der Waals surface area contributed by atoms with Crippen LogP contribution in [-0.2, 0) is 9.53 Å². The lowest BCUT2D eigenvalue weighted by atomic mass is 9.90. The first-order valence-corrected chi connectivity index (χ1v) is 11.2. The van der Waals surface area contributed by atoms with E-state index >= 15 is 0 Å². The van der Waals surface area contributed by atoms with Gasteiger partial charge in [-0.25, -0.2) is 24.3 Å². The minimum Gasteiger partial charge on any atom is -0.368 e. The first kappa shape index (κ1) is 20.7. The fraction of sp³-hybridized carbons (Fsp3) is 0.500. The number of aromatic nitrogens is 5. The lowest BCUT2D eigenvalue weighted by Gasteiger charge is -2.32. The van der Waals surface area contributed by atoms with Crippen molar-refractivity contribution in [1.29, 1.82) is 0 Å². The molecule has 0 bridgehead atoms. The maximum absolute atomic E-state index is 14.5. The van der Waals surface area contributed by atoms with Crippen LogP contribution in [0.1, 0.15) is 44.9 Å². The summed E-state index contributed by atoms with van der Waals surface area (Å²) in [6.45, 7) is 0.644. The van der Waals surface area contributed by atoms with Crippen molar-refractivity contribution in [3.63, 3.8) is 0 Å². The molecular weight excluding hydrogens is 413 g/mol. The highest BCUT2D eigenvalue weighted by Gasteiger charge is 2.28. The molecule has 0 spiro atoms. The zero-order chi connectivity index (χ0) is 21.9. The van der Waals surface area contributed by atoms with E-state index in [-0.39, 0.29) is 29.9 Å². The van der Waals surface area contributed by atoms with Gasteiger partial charge >= 0.3 is 0 Å². The molecule has 10 heteroatoms. The van der Waals surface area contributed by atoms with Gasteiger partial charge < -0.3 is 20.4 Å². The smallest absolute Gasteiger partial charge is 0.249 e. The van der Waals surface area contributed by atoms with Crippen LogP contribution in [0.15, 0.2) is 24.9 Å². The Hall–Kier alpha value is -3.14. The van der Waals surface area contributed by atoms with E-state index in [1.54, 1.807) is 12.4 Å². The number of carbonyl (C=O) groups excluding carboxylic acids is 1. The van der Waals surface area contributed by atoms with Crippen molar-refractivity contribution >= 4 is 22.8 Å². The Kier molecular flexibility index (Phi) is 5.93. The van der Waals surface area contributed by atoms with E-state index < -0.39 is 5.82 Å². The maximum atomic E-state index is 14.5. The SMILES string of the molecule is O=C(N[C@H]1CCC[C@@H](Nc2nc(-c3c[nH]c4ncncc34)ncc2F)C1)C1CCCCO1. The largest absolute Gasteiger partial charge is 0.368 e. The third-order valence-electron chi connectivity index (χ3n) is 6.17.